The predicted octanol–water partition coefficient (Wildman–Crippen LogP) is 4.87. The van der Waals surface area contributed by atoms with Crippen molar-refractivity contribution < 1.29 is 4.39 Å². The van der Waals surface area contributed by atoms with Crippen molar-refractivity contribution in [3.05, 3.63) is 45.4 Å². The normalized spacial score (nSPS) is 34.6. The van der Waals surface area contributed by atoms with Gasteiger partial charge in [0.2, 0.25) is 0 Å². The highest BCUT2D eigenvalue weighted by atomic mass is 35.5. The van der Waals surface area contributed by atoms with Crippen LogP contribution in [0.3, 0.4) is 0 Å². The van der Waals surface area contributed by atoms with Crippen LogP contribution in [-0.2, 0) is 0 Å². The Hall–Kier alpha value is -1.14. The van der Waals surface area contributed by atoms with Gasteiger partial charge in [0.1, 0.15) is 12.0 Å². The van der Waals surface area contributed by atoms with Gasteiger partial charge in [-0.15, -0.1) is 0 Å². The van der Waals surface area contributed by atoms with E-state index in [1.807, 2.05) is 0 Å². The van der Waals surface area contributed by atoms with Crippen molar-refractivity contribution in [2.24, 2.45) is 5.92 Å². The van der Waals surface area contributed by atoms with Gasteiger partial charge in [-0.05, 0) is 81.4 Å². The molecule has 6 heteroatoms. The Labute approximate surface area is 190 Å². The highest BCUT2D eigenvalue weighted by Crippen LogP contribution is 2.39. The van der Waals surface area contributed by atoms with Crippen LogP contribution in [0.15, 0.2) is 45.4 Å². The third kappa shape index (κ3) is 4.95. The first-order valence-corrected chi connectivity index (χ1v) is 12.7. The molecule has 0 saturated carbocycles. The summed E-state index contributed by atoms with van der Waals surface area (Å²) < 4.78 is 13.8. The van der Waals surface area contributed by atoms with Crippen LogP contribution in [0.1, 0.15) is 70.6 Å². The lowest BCUT2D eigenvalue weighted by atomic mass is 9.77. The molecule has 170 valence electrons. The summed E-state index contributed by atoms with van der Waals surface area (Å²) in [5, 5.41) is 15.4. The van der Waals surface area contributed by atoms with Gasteiger partial charge < -0.3 is 10.6 Å². The summed E-state index contributed by atoms with van der Waals surface area (Å²) in [4.78, 5) is 0. The number of hydrogen-bond donors (Lipinski definition) is 4. The number of hydrogen-bond acceptors (Lipinski definition) is 4. The molecule has 0 radical (unpaired) electrons. The van der Waals surface area contributed by atoms with Crippen molar-refractivity contribution in [3.8, 4) is 0 Å². The highest BCUT2D eigenvalue weighted by Gasteiger charge is 2.36. The molecule has 0 unspecified atom stereocenters. The second kappa shape index (κ2) is 9.78. The van der Waals surface area contributed by atoms with E-state index in [4.69, 9.17) is 11.6 Å². The van der Waals surface area contributed by atoms with Gasteiger partial charge in [0.15, 0.2) is 0 Å². The molecule has 0 aromatic carbocycles. The Kier molecular flexibility index (Phi) is 6.84. The Morgan fingerprint density at radius 3 is 2.68 bits per heavy atom. The lowest BCUT2D eigenvalue weighted by molar-refractivity contribution is 0.289. The largest absolute Gasteiger partial charge is 0.370 e. The van der Waals surface area contributed by atoms with Crippen LogP contribution >= 0.6 is 11.6 Å². The molecule has 4 N–H and O–H groups in total. The third-order valence-corrected chi connectivity index (χ3v) is 8.07. The van der Waals surface area contributed by atoms with Crippen LogP contribution in [0.25, 0.3) is 0 Å². The van der Waals surface area contributed by atoms with Crippen LogP contribution < -0.4 is 21.3 Å². The van der Waals surface area contributed by atoms with E-state index < -0.39 is 0 Å². The molecule has 4 nitrogen and oxygen atoms in total. The fourth-order valence-corrected chi connectivity index (χ4v) is 6.22. The average Bonchev–Trinajstić information content (AvgIpc) is 2.82. The molecule has 2 heterocycles. The van der Waals surface area contributed by atoms with E-state index in [0.29, 0.717) is 23.8 Å². The molecule has 0 saturated heterocycles. The number of rotatable bonds is 4. The molecule has 4 atom stereocenters. The molecule has 0 aromatic rings. The van der Waals surface area contributed by atoms with Crippen molar-refractivity contribution in [3.63, 3.8) is 0 Å². The average molecular weight is 447 g/mol. The van der Waals surface area contributed by atoms with Crippen molar-refractivity contribution in [1.82, 2.24) is 21.3 Å². The van der Waals surface area contributed by atoms with E-state index in [2.05, 4.69) is 33.4 Å². The Balaban J connectivity index is 1.36. The molecule has 3 aliphatic carbocycles. The molecule has 31 heavy (non-hydrogen) atoms. The van der Waals surface area contributed by atoms with Gasteiger partial charge in [0, 0.05) is 31.1 Å². The topological polar surface area (TPSA) is 48.1 Å². The van der Waals surface area contributed by atoms with Gasteiger partial charge in [-0.1, -0.05) is 29.3 Å². The van der Waals surface area contributed by atoms with Gasteiger partial charge in [-0.2, -0.15) is 0 Å². The summed E-state index contributed by atoms with van der Waals surface area (Å²) in [6, 6.07) is 0.213. The number of nitrogens with one attached hydrogen (secondary N) is 4. The fourth-order valence-electron chi connectivity index (χ4n) is 5.94. The minimum Gasteiger partial charge on any atom is -0.370 e. The van der Waals surface area contributed by atoms with Gasteiger partial charge >= 0.3 is 0 Å². The van der Waals surface area contributed by atoms with E-state index in [1.165, 1.54) is 48.9 Å². The zero-order valence-electron chi connectivity index (χ0n) is 18.4. The molecular weight excluding hydrogens is 411 g/mol. The summed E-state index contributed by atoms with van der Waals surface area (Å²) in [7, 11) is 0. The van der Waals surface area contributed by atoms with Crippen molar-refractivity contribution in [1.29, 1.82) is 0 Å². The summed E-state index contributed by atoms with van der Waals surface area (Å²) >= 11 is 6.19. The molecule has 0 aromatic heterocycles. The third-order valence-electron chi connectivity index (χ3n) is 7.71. The zero-order chi connectivity index (χ0) is 21.2. The maximum Gasteiger partial charge on any atom is 0.114 e. The van der Waals surface area contributed by atoms with E-state index in [9.17, 15) is 4.39 Å². The Morgan fingerprint density at radius 2 is 1.90 bits per heavy atom. The van der Waals surface area contributed by atoms with Gasteiger partial charge in [0.25, 0.3) is 0 Å². The molecule has 5 aliphatic rings. The maximum atomic E-state index is 13.8. The SMILES string of the molecule is FC1=C(Cl)C[C@@H](N[C@H]2N[C@@H](C3=CCCNC3)NC3=C2C[C@H](C2=CCCCC2)CC3)CC1. The van der Waals surface area contributed by atoms with Gasteiger partial charge in [-0.3, -0.25) is 10.6 Å². The van der Waals surface area contributed by atoms with Crippen LogP contribution in [0.5, 0.6) is 0 Å². The van der Waals surface area contributed by atoms with E-state index in [0.717, 1.165) is 38.8 Å². The first kappa shape index (κ1) is 21.7. The van der Waals surface area contributed by atoms with E-state index >= 15 is 0 Å². The highest BCUT2D eigenvalue weighted by molar-refractivity contribution is 6.29. The standard InChI is InChI=1S/C25H36ClFN4/c26-21-14-19(9-10-22(21)27)29-25-20-13-17(16-5-2-1-3-6-16)8-11-23(20)30-24(31-25)18-7-4-12-28-15-18/h5,7,17,19,24-25,28-31H,1-4,6,8-15H2/t17-,19+,24+,25+/m1/s1. The van der Waals surface area contributed by atoms with Gasteiger partial charge in [-0.25, -0.2) is 4.39 Å². The number of halogens is 2. The number of allylic oxidation sites excluding steroid dienone is 4. The minimum absolute atomic E-state index is 0.117. The van der Waals surface area contributed by atoms with Crippen LogP contribution in [-0.4, -0.2) is 31.5 Å². The minimum atomic E-state index is -0.129. The molecule has 0 bridgehead atoms. The second-order valence-electron chi connectivity index (χ2n) is 9.81. The quantitative estimate of drug-likeness (QED) is 0.465. The van der Waals surface area contributed by atoms with Crippen LogP contribution in [0.4, 0.5) is 4.39 Å². The van der Waals surface area contributed by atoms with Gasteiger partial charge in [0.05, 0.1) is 11.2 Å². The molecule has 2 aliphatic heterocycles. The smallest absolute Gasteiger partial charge is 0.114 e. The van der Waals surface area contributed by atoms with E-state index in [1.54, 1.807) is 5.57 Å². The second-order valence-corrected chi connectivity index (χ2v) is 10.3. The first-order chi connectivity index (χ1) is 15.2. The van der Waals surface area contributed by atoms with Crippen LogP contribution in [0, 0.1) is 5.92 Å². The lowest BCUT2D eigenvalue weighted by Crippen LogP contribution is -2.62. The summed E-state index contributed by atoms with van der Waals surface area (Å²) in [5.41, 5.74) is 5.98. The van der Waals surface area contributed by atoms with Crippen molar-refractivity contribution >= 4 is 11.6 Å². The first-order valence-electron chi connectivity index (χ1n) is 12.3. The van der Waals surface area contributed by atoms with Crippen LogP contribution in [0.2, 0.25) is 0 Å². The summed E-state index contributed by atoms with van der Waals surface area (Å²) in [6.07, 6.45) is 16.8. The zero-order valence-corrected chi connectivity index (χ0v) is 19.2. The maximum absolute atomic E-state index is 13.8. The van der Waals surface area contributed by atoms with Crippen molar-refractivity contribution in [2.45, 2.75) is 89.0 Å². The molecule has 0 fully saturated rings. The Morgan fingerprint density at radius 1 is 1.00 bits per heavy atom. The molecular formula is C25H36ClFN4. The summed E-state index contributed by atoms with van der Waals surface area (Å²) in [6.45, 7) is 1.99. The van der Waals surface area contributed by atoms with E-state index in [-0.39, 0.29) is 24.2 Å². The predicted molar refractivity (Wildman–Crippen MR) is 125 cm³/mol. The molecule has 0 amide bonds. The van der Waals surface area contributed by atoms with Crippen molar-refractivity contribution in [2.75, 3.05) is 13.1 Å². The monoisotopic (exact) mass is 446 g/mol. The lowest BCUT2D eigenvalue weighted by Gasteiger charge is -2.44. The molecule has 0 spiro atoms. The molecule has 5 rings (SSSR count). The summed E-state index contributed by atoms with van der Waals surface area (Å²) in [5.74, 6) is 0.544. The fraction of sp³-hybridized carbons (Fsp3) is 0.680. The Bertz CT molecular complexity index is 814.